The Balaban J connectivity index is 1.76. The lowest BCUT2D eigenvalue weighted by Gasteiger charge is -2.36. The van der Waals surface area contributed by atoms with Crippen molar-refractivity contribution in [2.75, 3.05) is 41.4 Å². The molecule has 214 valence electrons. The molecule has 3 rings (SSSR count). The molecule has 0 saturated carbocycles. The van der Waals surface area contributed by atoms with Crippen LogP contribution in [0.4, 0.5) is 4.79 Å². The molecule has 40 heavy (non-hydrogen) atoms. The summed E-state index contributed by atoms with van der Waals surface area (Å²) in [5.74, 6) is -1.97. The van der Waals surface area contributed by atoms with Crippen LogP contribution in [-0.2, 0) is 23.9 Å². The molecule has 2 aromatic carbocycles. The van der Waals surface area contributed by atoms with E-state index in [-0.39, 0.29) is 31.5 Å². The normalized spacial score (nSPS) is 13.5. The lowest BCUT2D eigenvalue weighted by atomic mass is 9.98. The predicted octanol–water partition coefficient (Wildman–Crippen LogP) is 3.93. The molecular weight excluding hydrogens is 510 g/mol. The zero-order valence-corrected chi connectivity index (χ0v) is 24.1. The minimum Gasteiger partial charge on any atom is -0.461 e. The quantitative estimate of drug-likeness (QED) is 0.311. The van der Waals surface area contributed by atoms with Gasteiger partial charge in [0.05, 0.1) is 6.42 Å². The molecule has 0 saturated heterocycles. The van der Waals surface area contributed by atoms with E-state index in [0.29, 0.717) is 0 Å². The number of hydrogen-bond donors (Lipinski definition) is 0. The van der Waals surface area contributed by atoms with Crippen LogP contribution in [0.5, 0.6) is 0 Å². The Bertz CT molecular complexity index is 1210. The molecule has 3 amide bonds. The van der Waals surface area contributed by atoms with Crippen molar-refractivity contribution in [3.05, 3.63) is 72.3 Å². The topological polar surface area (TPSA) is 96.5 Å². The summed E-state index contributed by atoms with van der Waals surface area (Å²) in [4.78, 5) is 56.1. The highest BCUT2D eigenvalue weighted by molar-refractivity contribution is 5.93. The van der Waals surface area contributed by atoms with Crippen LogP contribution < -0.4 is 0 Å². The second-order valence-electron chi connectivity index (χ2n) is 10.5. The molecule has 0 bridgehead atoms. The molecule has 1 aliphatic rings. The molecule has 0 heterocycles. The van der Waals surface area contributed by atoms with Gasteiger partial charge in [0, 0.05) is 34.1 Å². The number of fused-ring (bicyclic) bond motifs is 3. The van der Waals surface area contributed by atoms with Crippen molar-refractivity contribution >= 4 is 23.9 Å². The van der Waals surface area contributed by atoms with Crippen molar-refractivity contribution < 1.29 is 28.7 Å². The van der Waals surface area contributed by atoms with E-state index in [0.717, 1.165) is 22.3 Å². The first-order chi connectivity index (χ1) is 19.0. The van der Waals surface area contributed by atoms with Gasteiger partial charge in [-0.25, -0.2) is 4.79 Å². The maximum atomic E-state index is 13.7. The monoisotopic (exact) mass is 549 g/mol. The maximum absolute atomic E-state index is 13.7. The predicted molar refractivity (Wildman–Crippen MR) is 152 cm³/mol. The minimum absolute atomic E-state index is 0.00148. The summed E-state index contributed by atoms with van der Waals surface area (Å²) in [6.45, 7) is 7.25. The van der Waals surface area contributed by atoms with Crippen LogP contribution >= 0.6 is 0 Å². The fourth-order valence-electron chi connectivity index (χ4n) is 5.13. The summed E-state index contributed by atoms with van der Waals surface area (Å²) in [5.41, 5.74) is 4.41. The summed E-state index contributed by atoms with van der Waals surface area (Å²) in [5, 5.41) is 0. The molecule has 1 aliphatic carbocycles. The summed E-state index contributed by atoms with van der Waals surface area (Å²) >= 11 is 0. The van der Waals surface area contributed by atoms with Crippen LogP contribution in [0, 0.1) is 5.92 Å². The Labute approximate surface area is 236 Å². The summed E-state index contributed by atoms with van der Waals surface area (Å²) in [6, 6.07) is 14.1. The van der Waals surface area contributed by atoms with Gasteiger partial charge in [0.2, 0.25) is 11.8 Å². The van der Waals surface area contributed by atoms with E-state index in [1.54, 1.807) is 14.1 Å². The van der Waals surface area contributed by atoms with Gasteiger partial charge in [0.25, 0.3) is 0 Å². The number of benzene rings is 2. The Hall–Kier alpha value is -4.14. The Kier molecular flexibility index (Phi) is 10.1. The zero-order valence-electron chi connectivity index (χ0n) is 24.1. The van der Waals surface area contributed by atoms with Crippen LogP contribution in [0.1, 0.15) is 37.3 Å². The largest absolute Gasteiger partial charge is 0.461 e. The number of nitrogens with zero attached hydrogens (tertiary/aromatic N) is 3. The number of rotatable bonds is 11. The summed E-state index contributed by atoms with van der Waals surface area (Å²) < 4.78 is 10.8. The van der Waals surface area contributed by atoms with E-state index in [2.05, 4.69) is 18.7 Å². The van der Waals surface area contributed by atoms with Gasteiger partial charge < -0.3 is 19.3 Å². The van der Waals surface area contributed by atoms with Crippen LogP contribution in [0.2, 0.25) is 0 Å². The van der Waals surface area contributed by atoms with E-state index >= 15 is 0 Å². The highest BCUT2D eigenvalue weighted by Crippen LogP contribution is 2.44. The number of amides is 3. The van der Waals surface area contributed by atoms with Crippen molar-refractivity contribution in [2.24, 2.45) is 5.92 Å². The number of esters is 1. The Morgan fingerprint density at radius 2 is 1.40 bits per heavy atom. The number of carbonyl (C=O) groups is 4. The molecule has 2 atom stereocenters. The van der Waals surface area contributed by atoms with Gasteiger partial charge in [0.1, 0.15) is 25.3 Å². The second-order valence-corrected chi connectivity index (χ2v) is 10.5. The minimum atomic E-state index is -1.10. The zero-order chi connectivity index (χ0) is 29.6. The first-order valence-corrected chi connectivity index (χ1v) is 13.3. The molecule has 0 radical (unpaired) electrons. The van der Waals surface area contributed by atoms with E-state index in [4.69, 9.17) is 9.47 Å². The molecule has 0 unspecified atom stereocenters. The first kappa shape index (κ1) is 30.4. The SMILES string of the molecule is C=CCOC(=O)C[C@@H](C(=O)N(C)C)N(C)C(=O)[C@H](C(C)C)N(C)C(=O)OCC1c2ccccc2-c2ccccc21. The number of ether oxygens (including phenoxy) is 2. The van der Waals surface area contributed by atoms with E-state index < -0.39 is 36.0 Å². The third-order valence-corrected chi connectivity index (χ3v) is 7.19. The van der Waals surface area contributed by atoms with Gasteiger partial charge in [-0.05, 0) is 28.2 Å². The van der Waals surface area contributed by atoms with Crippen molar-refractivity contribution in [3.63, 3.8) is 0 Å². The summed E-state index contributed by atoms with van der Waals surface area (Å²) in [6.07, 6.45) is 0.448. The van der Waals surface area contributed by atoms with Gasteiger partial charge in [0.15, 0.2) is 0 Å². The molecule has 0 spiro atoms. The van der Waals surface area contributed by atoms with E-state index in [1.165, 1.54) is 34.9 Å². The standard InChI is InChI=1S/C31H39N3O6/c1-8-17-39-27(35)18-26(29(36)32(4)5)33(6)30(37)28(20(2)3)34(7)31(38)40-19-25-23-15-11-9-13-21(23)22-14-10-12-16-24(22)25/h8-16,20,25-26,28H,1,17-19H2,2-7H3/t26-,28-/m0/s1. The lowest BCUT2D eigenvalue weighted by molar-refractivity contribution is -0.152. The molecule has 0 aromatic heterocycles. The Morgan fingerprint density at radius 3 is 1.90 bits per heavy atom. The number of carbonyl (C=O) groups excluding carboxylic acids is 4. The van der Waals surface area contributed by atoms with Crippen molar-refractivity contribution in [1.29, 1.82) is 0 Å². The fourth-order valence-corrected chi connectivity index (χ4v) is 5.13. The van der Waals surface area contributed by atoms with Gasteiger partial charge in [-0.1, -0.05) is 75.0 Å². The second kappa shape index (κ2) is 13.3. The molecule has 0 fully saturated rings. The highest BCUT2D eigenvalue weighted by atomic mass is 16.6. The van der Waals surface area contributed by atoms with Gasteiger partial charge in [-0.15, -0.1) is 0 Å². The van der Waals surface area contributed by atoms with Crippen molar-refractivity contribution in [2.45, 2.75) is 38.3 Å². The van der Waals surface area contributed by atoms with Crippen LogP contribution in [0.15, 0.2) is 61.2 Å². The average molecular weight is 550 g/mol. The molecule has 2 aromatic rings. The third-order valence-electron chi connectivity index (χ3n) is 7.19. The van der Waals surface area contributed by atoms with Gasteiger partial charge in [-0.2, -0.15) is 0 Å². The van der Waals surface area contributed by atoms with E-state index in [1.807, 2.05) is 50.2 Å². The third kappa shape index (κ3) is 6.52. The smallest absolute Gasteiger partial charge is 0.410 e. The van der Waals surface area contributed by atoms with Crippen LogP contribution in [0.25, 0.3) is 11.1 Å². The lowest BCUT2D eigenvalue weighted by Crippen LogP contribution is -2.56. The average Bonchev–Trinajstić information content (AvgIpc) is 3.26. The number of hydrogen-bond acceptors (Lipinski definition) is 6. The van der Waals surface area contributed by atoms with Crippen molar-refractivity contribution in [3.8, 4) is 11.1 Å². The van der Waals surface area contributed by atoms with Crippen molar-refractivity contribution in [1.82, 2.24) is 14.7 Å². The highest BCUT2D eigenvalue weighted by Gasteiger charge is 2.39. The molecule has 9 heteroatoms. The molecule has 9 nitrogen and oxygen atoms in total. The van der Waals surface area contributed by atoms with Gasteiger partial charge in [-0.3, -0.25) is 19.3 Å². The molecule has 0 N–H and O–H groups in total. The first-order valence-electron chi connectivity index (χ1n) is 13.3. The van der Waals surface area contributed by atoms with Gasteiger partial charge >= 0.3 is 12.1 Å². The van der Waals surface area contributed by atoms with Crippen LogP contribution in [-0.4, -0.2) is 92.1 Å². The fraction of sp³-hybridized carbons (Fsp3) is 0.419. The molecule has 0 aliphatic heterocycles. The Morgan fingerprint density at radius 1 is 0.850 bits per heavy atom. The summed E-state index contributed by atoms with van der Waals surface area (Å²) in [7, 11) is 6.06. The van der Waals surface area contributed by atoms with Crippen LogP contribution in [0.3, 0.4) is 0 Å². The molecular formula is C31H39N3O6. The van der Waals surface area contributed by atoms with E-state index in [9.17, 15) is 19.2 Å². The number of likely N-dealkylation sites (N-methyl/N-ethyl adjacent to an activating group) is 3. The maximum Gasteiger partial charge on any atom is 0.410 e.